The Morgan fingerprint density at radius 1 is 1.23 bits per heavy atom. The molecule has 0 spiro atoms. The van der Waals surface area contributed by atoms with E-state index in [1.54, 1.807) is 0 Å². The second-order valence-electron chi connectivity index (χ2n) is 4.27. The number of hydrogen-bond acceptors (Lipinski definition) is 3. The molecule has 0 aromatic carbocycles. The first-order valence-corrected chi connectivity index (χ1v) is 6.49. The van der Waals surface area contributed by atoms with Crippen molar-refractivity contribution >= 4 is 11.8 Å². The maximum absolute atomic E-state index is 5.87. The lowest BCUT2D eigenvalue weighted by Gasteiger charge is -2.31. The van der Waals surface area contributed by atoms with E-state index in [0.717, 1.165) is 5.25 Å². The Hall–Kier alpha value is 0.270. The fourth-order valence-electron chi connectivity index (χ4n) is 2.21. The van der Waals surface area contributed by atoms with E-state index >= 15 is 0 Å². The highest BCUT2D eigenvalue weighted by Crippen LogP contribution is 2.27. The van der Waals surface area contributed by atoms with Gasteiger partial charge >= 0.3 is 0 Å². The van der Waals surface area contributed by atoms with Crippen molar-refractivity contribution in [3.05, 3.63) is 0 Å². The summed E-state index contributed by atoms with van der Waals surface area (Å²) in [6, 6.07) is 0.479. The summed E-state index contributed by atoms with van der Waals surface area (Å²) in [4.78, 5) is 2.60. The van der Waals surface area contributed by atoms with Gasteiger partial charge in [0.15, 0.2) is 0 Å². The molecule has 2 fully saturated rings. The molecule has 0 aromatic rings. The lowest BCUT2D eigenvalue weighted by Crippen LogP contribution is -2.42. The number of hydrogen-bond donors (Lipinski definition) is 1. The molecule has 13 heavy (non-hydrogen) atoms. The molecule has 0 aromatic heterocycles. The molecule has 2 aliphatic heterocycles. The molecule has 2 aliphatic rings. The van der Waals surface area contributed by atoms with Crippen molar-refractivity contribution < 1.29 is 0 Å². The van der Waals surface area contributed by atoms with E-state index in [1.807, 2.05) is 0 Å². The molecule has 0 radical (unpaired) electrons. The van der Waals surface area contributed by atoms with Gasteiger partial charge in [0.05, 0.1) is 0 Å². The number of thioether (sulfide) groups is 1. The predicted octanol–water partition coefficient (Wildman–Crippen LogP) is 1.31. The van der Waals surface area contributed by atoms with E-state index in [-0.39, 0.29) is 0 Å². The molecular formula is C10H20N2S. The van der Waals surface area contributed by atoms with Gasteiger partial charge in [0.25, 0.3) is 0 Å². The van der Waals surface area contributed by atoms with Gasteiger partial charge in [0.1, 0.15) is 0 Å². The first-order chi connectivity index (χ1) is 6.34. The van der Waals surface area contributed by atoms with Crippen LogP contribution >= 0.6 is 11.8 Å². The molecule has 1 atom stereocenters. The van der Waals surface area contributed by atoms with Crippen LogP contribution in [0.4, 0.5) is 0 Å². The molecule has 0 amide bonds. The summed E-state index contributed by atoms with van der Waals surface area (Å²) >= 11 is 2.16. The Kier molecular flexibility index (Phi) is 3.52. The molecule has 2 heterocycles. The molecule has 2 N–H and O–H groups in total. The molecule has 2 saturated heterocycles. The Balaban J connectivity index is 1.69. The second kappa shape index (κ2) is 4.67. The van der Waals surface area contributed by atoms with E-state index in [0.29, 0.717) is 6.04 Å². The average molecular weight is 200 g/mol. The van der Waals surface area contributed by atoms with Crippen LogP contribution in [0.2, 0.25) is 0 Å². The summed E-state index contributed by atoms with van der Waals surface area (Å²) in [7, 11) is 0. The Labute approximate surface area is 85.2 Å². The monoisotopic (exact) mass is 200 g/mol. The quantitative estimate of drug-likeness (QED) is 0.728. The van der Waals surface area contributed by atoms with Gasteiger partial charge in [-0.15, -0.1) is 0 Å². The minimum absolute atomic E-state index is 0.479. The van der Waals surface area contributed by atoms with Crippen molar-refractivity contribution in [3.63, 3.8) is 0 Å². The number of nitrogens with two attached hydrogens (primary N) is 1. The number of piperidine rings is 1. The molecule has 2 nitrogen and oxygen atoms in total. The predicted molar refractivity (Wildman–Crippen MR) is 59.1 cm³/mol. The van der Waals surface area contributed by atoms with Crippen molar-refractivity contribution in [3.8, 4) is 0 Å². The van der Waals surface area contributed by atoms with Gasteiger partial charge in [-0.05, 0) is 44.5 Å². The number of rotatable bonds is 2. The average Bonchev–Trinajstić information content (AvgIpc) is 2.62. The van der Waals surface area contributed by atoms with Gasteiger partial charge in [-0.25, -0.2) is 0 Å². The molecule has 1 unspecified atom stereocenters. The van der Waals surface area contributed by atoms with E-state index in [1.165, 1.54) is 51.1 Å². The zero-order valence-corrected chi connectivity index (χ0v) is 9.06. The third-order valence-corrected chi connectivity index (χ3v) is 4.50. The standard InChI is InChI=1S/C10H20N2S/c11-9-3-5-12(6-4-9)8-10-2-1-7-13-10/h9-10H,1-8,11H2. The Morgan fingerprint density at radius 3 is 2.62 bits per heavy atom. The largest absolute Gasteiger partial charge is 0.328 e. The maximum atomic E-state index is 5.87. The van der Waals surface area contributed by atoms with E-state index in [4.69, 9.17) is 5.73 Å². The van der Waals surface area contributed by atoms with Crippen LogP contribution in [0.3, 0.4) is 0 Å². The van der Waals surface area contributed by atoms with Gasteiger partial charge in [-0.3, -0.25) is 0 Å². The van der Waals surface area contributed by atoms with E-state index in [2.05, 4.69) is 16.7 Å². The van der Waals surface area contributed by atoms with E-state index < -0.39 is 0 Å². The third-order valence-electron chi connectivity index (χ3n) is 3.12. The van der Waals surface area contributed by atoms with Crippen LogP contribution in [-0.4, -0.2) is 41.6 Å². The van der Waals surface area contributed by atoms with Crippen molar-refractivity contribution in [1.29, 1.82) is 0 Å². The molecule has 0 bridgehead atoms. The summed E-state index contributed by atoms with van der Waals surface area (Å²) < 4.78 is 0. The van der Waals surface area contributed by atoms with E-state index in [9.17, 15) is 0 Å². The molecule has 0 aliphatic carbocycles. The van der Waals surface area contributed by atoms with Gasteiger partial charge < -0.3 is 10.6 Å². The number of likely N-dealkylation sites (tertiary alicyclic amines) is 1. The summed E-state index contributed by atoms with van der Waals surface area (Å²) in [6.45, 7) is 3.79. The van der Waals surface area contributed by atoms with Crippen molar-refractivity contribution in [1.82, 2.24) is 4.90 Å². The lowest BCUT2D eigenvalue weighted by molar-refractivity contribution is 0.213. The highest BCUT2D eigenvalue weighted by Gasteiger charge is 2.21. The summed E-state index contributed by atoms with van der Waals surface area (Å²) in [5.41, 5.74) is 5.87. The van der Waals surface area contributed by atoms with Crippen LogP contribution in [-0.2, 0) is 0 Å². The van der Waals surface area contributed by atoms with Crippen LogP contribution in [0.1, 0.15) is 25.7 Å². The maximum Gasteiger partial charge on any atom is 0.0175 e. The van der Waals surface area contributed by atoms with Crippen molar-refractivity contribution in [2.45, 2.75) is 37.0 Å². The molecule has 76 valence electrons. The zero-order valence-electron chi connectivity index (χ0n) is 8.24. The second-order valence-corrected chi connectivity index (χ2v) is 5.68. The van der Waals surface area contributed by atoms with Crippen LogP contribution in [0, 0.1) is 0 Å². The van der Waals surface area contributed by atoms with Crippen LogP contribution in [0.5, 0.6) is 0 Å². The third kappa shape index (κ3) is 2.86. The minimum Gasteiger partial charge on any atom is -0.328 e. The molecule has 3 heteroatoms. The first-order valence-electron chi connectivity index (χ1n) is 5.44. The first kappa shape index (κ1) is 9.81. The highest BCUT2D eigenvalue weighted by molar-refractivity contribution is 8.00. The SMILES string of the molecule is NC1CCN(CC2CCCS2)CC1. The molecule has 0 saturated carbocycles. The zero-order chi connectivity index (χ0) is 9.10. The summed E-state index contributed by atoms with van der Waals surface area (Å²) in [6.07, 6.45) is 5.28. The van der Waals surface area contributed by atoms with Gasteiger partial charge in [0.2, 0.25) is 0 Å². The van der Waals surface area contributed by atoms with Gasteiger partial charge in [-0.1, -0.05) is 0 Å². The normalized spacial score (nSPS) is 32.5. The van der Waals surface area contributed by atoms with Gasteiger partial charge in [-0.2, -0.15) is 11.8 Å². The Bertz CT molecular complexity index is 149. The summed E-state index contributed by atoms with van der Waals surface area (Å²) in [5.74, 6) is 1.39. The topological polar surface area (TPSA) is 29.3 Å². The lowest BCUT2D eigenvalue weighted by atomic mass is 10.1. The Morgan fingerprint density at radius 2 is 2.00 bits per heavy atom. The van der Waals surface area contributed by atoms with Gasteiger partial charge in [0, 0.05) is 17.8 Å². The fraction of sp³-hybridized carbons (Fsp3) is 1.00. The van der Waals surface area contributed by atoms with Crippen molar-refractivity contribution in [2.75, 3.05) is 25.4 Å². The van der Waals surface area contributed by atoms with Crippen molar-refractivity contribution in [2.24, 2.45) is 5.73 Å². The number of nitrogens with zero attached hydrogens (tertiary/aromatic N) is 1. The van der Waals surface area contributed by atoms with Crippen LogP contribution < -0.4 is 5.73 Å². The van der Waals surface area contributed by atoms with Crippen LogP contribution in [0.15, 0.2) is 0 Å². The smallest absolute Gasteiger partial charge is 0.0175 e. The fourth-order valence-corrected chi connectivity index (χ4v) is 3.53. The molecular weight excluding hydrogens is 180 g/mol. The highest BCUT2D eigenvalue weighted by atomic mass is 32.2. The minimum atomic E-state index is 0.479. The van der Waals surface area contributed by atoms with Crippen LogP contribution in [0.25, 0.3) is 0 Å². The summed E-state index contributed by atoms with van der Waals surface area (Å²) in [5, 5.41) is 0.925. The molecule has 2 rings (SSSR count).